The van der Waals surface area contributed by atoms with Crippen molar-refractivity contribution < 1.29 is 23.5 Å². The third-order valence-corrected chi connectivity index (χ3v) is 5.63. The zero-order valence-corrected chi connectivity index (χ0v) is 17.2. The first-order valence-electron chi connectivity index (χ1n) is 9.54. The highest BCUT2D eigenvalue weighted by Gasteiger charge is 2.36. The third kappa shape index (κ3) is 4.58. The zero-order chi connectivity index (χ0) is 21.1. The van der Waals surface area contributed by atoms with Gasteiger partial charge in [-0.15, -0.1) is 0 Å². The van der Waals surface area contributed by atoms with E-state index in [2.05, 4.69) is 10.2 Å². The summed E-state index contributed by atoms with van der Waals surface area (Å²) in [5.41, 5.74) is 1.68. The van der Waals surface area contributed by atoms with Crippen LogP contribution in [0.5, 0.6) is 0 Å². The number of aryl methyl sites for hydroxylation is 1. The first-order valence-corrected chi connectivity index (χ1v) is 10.4. The lowest BCUT2D eigenvalue weighted by Gasteiger charge is -2.26. The summed E-state index contributed by atoms with van der Waals surface area (Å²) in [6.07, 6.45) is 1.53. The van der Waals surface area contributed by atoms with Crippen LogP contribution in [0.25, 0.3) is 6.08 Å². The van der Waals surface area contributed by atoms with Crippen LogP contribution < -0.4 is 10.2 Å². The van der Waals surface area contributed by atoms with Crippen LogP contribution in [0.1, 0.15) is 11.3 Å². The predicted molar refractivity (Wildman–Crippen MR) is 114 cm³/mol. The van der Waals surface area contributed by atoms with Gasteiger partial charge in [-0.3, -0.25) is 19.3 Å². The van der Waals surface area contributed by atoms with Crippen LogP contribution >= 0.6 is 11.8 Å². The molecule has 1 aromatic heterocycles. The van der Waals surface area contributed by atoms with E-state index in [0.29, 0.717) is 30.5 Å². The zero-order valence-electron chi connectivity index (χ0n) is 16.4. The van der Waals surface area contributed by atoms with E-state index in [9.17, 15) is 14.4 Å². The van der Waals surface area contributed by atoms with E-state index in [1.807, 2.05) is 25.1 Å². The summed E-state index contributed by atoms with van der Waals surface area (Å²) < 4.78 is 11.1. The number of carbonyl (C=O) groups is 3. The Morgan fingerprint density at radius 3 is 2.60 bits per heavy atom. The van der Waals surface area contributed by atoms with E-state index in [0.717, 1.165) is 35.3 Å². The molecule has 3 amide bonds. The minimum atomic E-state index is -0.506. The average Bonchev–Trinajstić information content (AvgIpc) is 3.31. The van der Waals surface area contributed by atoms with Gasteiger partial charge in [-0.2, -0.15) is 0 Å². The van der Waals surface area contributed by atoms with Gasteiger partial charge in [0.2, 0.25) is 5.91 Å². The number of morpholine rings is 1. The molecule has 4 rings (SSSR count). The summed E-state index contributed by atoms with van der Waals surface area (Å²) in [6, 6.07) is 10.9. The maximum Gasteiger partial charge on any atom is 0.294 e. The fourth-order valence-corrected chi connectivity index (χ4v) is 3.94. The molecule has 0 radical (unpaired) electrons. The van der Waals surface area contributed by atoms with E-state index >= 15 is 0 Å². The number of benzene rings is 1. The van der Waals surface area contributed by atoms with Crippen molar-refractivity contribution in [3.63, 3.8) is 0 Å². The fraction of sp³-hybridized carbons (Fsp3) is 0.286. The second-order valence-electron chi connectivity index (χ2n) is 6.96. The van der Waals surface area contributed by atoms with E-state index in [4.69, 9.17) is 9.15 Å². The summed E-state index contributed by atoms with van der Waals surface area (Å²) in [5, 5.41) is 2.21. The number of thioether (sulfide) groups is 1. The molecular weight excluding hydrogens is 406 g/mol. The largest absolute Gasteiger partial charge is 0.441 e. The molecule has 0 saturated carbocycles. The van der Waals surface area contributed by atoms with Crippen LogP contribution in [0, 0.1) is 6.92 Å². The Morgan fingerprint density at radius 1 is 1.13 bits per heavy atom. The summed E-state index contributed by atoms with van der Waals surface area (Å²) in [7, 11) is 0. The number of ether oxygens (including phenoxy) is 1. The lowest BCUT2D eigenvalue weighted by atomic mass is 10.2. The molecule has 2 aliphatic rings. The summed E-state index contributed by atoms with van der Waals surface area (Å²) in [5.74, 6) is 0.232. The van der Waals surface area contributed by atoms with Crippen LogP contribution in [-0.2, 0) is 14.3 Å². The van der Waals surface area contributed by atoms with Crippen molar-refractivity contribution in [3.8, 4) is 0 Å². The van der Waals surface area contributed by atoms with Crippen LogP contribution in [-0.4, -0.2) is 54.8 Å². The molecule has 2 aromatic rings. The smallest absolute Gasteiger partial charge is 0.294 e. The molecule has 2 aliphatic heterocycles. The molecule has 1 N–H and O–H groups in total. The first-order chi connectivity index (χ1) is 14.5. The van der Waals surface area contributed by atoms with Crippen LogP contribution in [0.4, 0.5) is 16.4 Å². The average molecular weight is 427 g/mol. The van der Waals surface area contributed by atoms with Crippen molar-refractivity contribution in [1.82, 2.24) is 4.90 Å². The maximum atomic E-state index is 12.6. The minimum Gasteiger partial charge on any atom is -0.441 e. The molecule has 8 nitrogen and oxygen atoms in total. The molecule has 3 heterocycles. The summed E-state index contributed by atoms with van der Waals surface area (Å²) >= 11 is 0.797. The van der Waals surface area contributed by atoms with Gasteiger partial charge in [0.15, 0.2) is 5.88 Å². The highest BCUT2D eigenvalue weighted by molar-refractivity contribution is 8.18. The van der Waals surface area contributed by atoms with E-state index in [1.165, 1.54) is 6.08 Å². The third-order valence-electron chi connectivity index (χ3n) is 4.72. The monoisotopic (exact) mass is 427 g/mol. The molecule has 1 aromatic carbocycles. The van der Waals surface area contributed by atoms with Gasteiger partial charge in [-0.25, -0.2) is 0 Å². The molecule has 30 heavy (non-hydrogen) atoms. The lowest BCUT2D eigenvalue weighted by molar-refractivity contribution is -0.127. The van der Waals surface area contributed by atoms with Crippen molar-refractivity contribution in [2.45, 2.75) is 6.92 Å². The standard InChI is InChI=1S/C21H21N3O5S/c1-14-2-4-15(5-3-14)22-18(25)13-24-20(26)17(30-21(24)27)12-16-6-7-19(29-16)23-8-10-28-11-9-23/h2-7,12H,8-11,13H2,1H3,(H,22,25)/b17-12-. The number of nitrogens with one attached hydrogen (secondary N) is 1. The Balaban J connectivity index is 1.40. The number of anilines is 2. The highest BCUT2D eigenvalue weighted by Crippen LogP contribution is 2.33. The van der Waals surface area contributed by atoms with Gasteiger partial charge in [-0.05, 0) is 36.9 Å². The molecule has 156 valence electrons. The number of hydrogen-bond acceptors (Lipinski definition) is 7. The molecule has 0 atom stereocenters. The van der Waals surface area contributed by atoms with Crippen molar-refractivity contribution in [2.24, 2.45) is 0 Å². The molecular formula is C21H21N3O5S. The van der Waals surface area contributed by atoms with Crippen molar-refractivity contribution in [2.75, 3.05) is 43.1 Å². The Labute approximate surface area is 177 Å². The molecule has 9 heteroatoms. The van der Waals surface area contributed by atoms with Crippen LogP contribution in [0.3, 0.4) is 0 Å². The normalized spacial score (nSPS) is 18.4. The highest BCUT2D eigenvalue weighted by atomic mass is 32.2. The van der Waals surface area contributed by atoms with E-state index in [-0.39, 0.29) is 11.4 Å². The number of furan rings is 1. The Morgan fingerprint density at radius 2 is 1.87 bits per heavy atom. The molecule has 0 spiro atoms. The van der Waals surface area contributed by atoms with Crippen LogP contribution in [0.2, 0.25) is 0 Å². The number of hydrogen-bond donors (Lipinski definition) is 1. The van der Waals surface area contributed by atoms with Gasteiger partial charge in [0.05, 0.1) is 18.1 Å². The molecule has 2 fully saturated rings. The Hall–Kier alpha value is -3.04. The van der Waals surface area contributed by atoms with Gasteiger partial charge in [0.25, 0.3) is 11.1 Å². The number of imide groups is 1. The van der Waals surface area contributed by atoms with Crippen molar-refractivity contribution >= 4 is 46.5 Å². The summed E-state index contributed by atoms with van der Waals surface area (Å²) in [4.78, 5) is 40.4. The topological polar surface area (TPSA) is 92.1 Å². The van der Waals surface area contributed by atoms with Gasteiger partial charge < -0.3 is 19.4 Å². The molecule has 0 aliphatic carbocycles. The summed E-state index contributed by atoms with van der Waals surface area (Å²) in [6.45, 7) is 4.35. The predicted octanol–water partition coefficient (Wildman–Crippen LogP) is 3.10. The van der Waals surface area contributed by atoms with Gasteiger partial charge in [-0.1, -0.05) is 17.7 Å². The molecule has 0 bridgehead atoms. The second kappa shape index (κ2) is 8.76. The number of amides is 3. The second-order valence-corrected chi connectivity index (χ2v) is 7.95. The first kappa shape index (κ1) is 20.2. The van der Waals surface area contributed by atoms with Crippen molar-refractivity contribution in [1.29, 1.82) is 0 Å². The Bertz CT molecular complexity index is 992. The Kier molecular flexibility index (Phi) is 5.91. The van der Waals surface area contributed by atoms with E-state index in [1.54, 1.807) is 18.2 Å². The molecule has 0 unspecified atom stereocenters. The van der Waals surface area contributed by atoms with Gasteiger partial charge in [0, 0.05) is 30.9 Å². The number of carbonyl (C=O) groups excluding carboxylic acids is 3. The number of rotatable bonds is 5. The fourth-order valence-electron chi connectivity index (χ4n) is 3.12. The van der Waals surface area contributed by atoms with Crippen LogP contribution in [0.15, 0.2) is 45.7 Å². The minimum absolute atomic E-state index is 0.228. The molecule has 2 saturated heterocycles. The van der Waals surface area contributed by atoms with Gasteiger partial charge >= 0.3 is 0 Å². The maximum absolute atomic E-state index is 12.6. The van der Waals surface area contributed by atoms with Gasteiger partial charge in [0.1, 0.15) is 12.3 Å². The lowest BCUT2D eigenvalue weighted by Crippen LogP contribution is -2.36. The SMILES string of the molecule is Cc1ccc(NC(=O)CN2C(=O)S/C(=C\c3ccc(N4CCOCC4)o3)C2=O)cc1. The number of nitrogens with zero attached hydrogens (tertiary/aromatic N) is 2. The van der Waals surface area contributed by atoms with E-state index < -0.39 is 17.1 Å². The van der Waals surface area contributed by atoms with Crippen molar-refractivity contribution in [3.05, 3.63) is 52.6 Å². The quantitative estimate of drug-likeness (QED) is 0.733.